The summed E-state index contributed by atoms with van der Waals surface area (Å²) < 4.78 is 10.6. The summed E-state index contributed by atoms with van der Waals surface area (Å²) >= 11 is 0. The van der Waals surface area contributed by atoms with Crippen LogP contribution in [0.15, 0.2) is 48.5 Å². The first-order valence-electron chi connectivity index (χ1n) is 10.9. The highest BCUT2D eigenvalue weighted by molar-refractivity contribution is 6.39. The first-order chi connectivity index (χ1) is 15.6. The fraction of sp³-hybridized carbons (Fsp3) is 0.375. The van der Waals surface area contributed by atoms with Crippen LogP contribution in [-0.2, 0) is 20.9 Å². The van der Waals surface area contributed by atoms with Crippen LogP contribution in [0.25, 0.3) is 0 Å². The summed E-state index contributed by atoms with van der Waals surface area (Å²) in [6, 6.07) is 14.3. The second-order valence-electron chi connectivity index (χ2n) is 8.07. The van der Waals surface area contributed by atoms with Gasteiger partial charge in [-0.25, -0.2) is 0 Å². The molecule has 0 atom stereocenters. The Morgan fingerprint density at radius 1 is 0.938 bits per heavy atom. The zero-order valence-electron chi connectivity index (χ0n) is 17.8. The topological polar surface area (TPSA) is 97.0 Å². The largest absolute Gasteiger partial charge is 0.454 e. The number of hydrogen-bond acceptors (Lipinski definition) is 5. The number of anilines is 1. The van der Waals surface area contributed by atoms with Crippen LogP contribution in [0.2, 0.25) is 0 Å². The molecule has 2 aliphatic rings. The lowest BCUT2D eigenvalue weighted by atomic mass is 9.95. The minimum absolute atomic E-state index is 0.118. The van der Waals surface area contributed by atoms with Gasteiger partial charge < -0.3 is 25.0 Å². The SMILES string of the molecule is O=C(CN(Cc1ccccc1)C(=O)C(=O)Nc1ccc2c(c1)OCO2)NC1CCCCC1. The molecule has 1 heterocycles. The minimum atomic E-state index is -0.815. The Morgan fingerprint density at radius 2 is 1.69 bits per heavy atom. The van der Waals surface area contributed by atoms with E-state index < -0.39 is 11.8 Å². The Labute approximate surface area is 186 Å². The molecule has 0 saturated heterocycles. The fourth-order valence-corrected chi connectivity index (χ4v) is 4.00. The molecular weight excluding hydrogens is 410 g/mol. The predicted octanol–water partition coefficient (Wildman–Crippen LogP) is 2.83. The number of nitrogens with zero attached hydrogens (tertiary/aromatic N) is 1. The quantitative estimate of drug-likeness (QED) is 0.678. The first kappa shape index (κ1) is 21.7. The molecule has 4 rings (SSSR count). The van der Waals surface area contributed by atoms with E-state index in [0.717, 1.165) is 31.2 Å². The van der Waals surface area contributed by atoms with Crippen LogP contribution in [0.4, 0.5) is 5.69 Å². The number of rotatable bonds is 6. The Hall–Kier alpha value is -3.55. The maximum Gasteiger partial charge on any atom is 0.313 e. The van der Waals surface area contributed by atoms with Crippen LogP contribution in [-0.4, -0.2) is 42.0 Å². The molecule has 0 radical (unpaired) electrons. The van der Waals surface area contributed by atoms with Gasteiger partial charge in [0.1, 0.15) is 6.54 Å². The maximum absolute atomic E-state index is 13.0. The molecule has 0 aromatic heterocycles. The molecule has 3 amide bonds. The molecule has 32 heavy (non-hydrogen) atoms. The van der Waals surface area contributed by atoms with Gasteiger partial charge in [0, 0.05) is 24.3 Å². The Morgan fingerprint density at radius 3 is 2.47 bits per heavy atom. The van der Waals surface area contributed by atoms with Gasteiger partial charge in [-0.3, -0.25) is 14.4 Å². The average molecular weight is 437 g/mol. The van der Waals surface area contributed by atoms with Gasteiger partial charge in [0.15, 0.2) is 11.5 Å². The zero-order valence-corrected chi connectivity index (χ0v) is 17.8. The summed E-state index contributed by atoms with van der Waals surface area (Å²) in [5, 5.41) is 5.61. The number of nitrogens with one attached hydrogen (secondary N) is 2. The van der Waals surface area contributed by atoms with Crippen LogP contribution in [0, 0.1) is 0 Å². The van der Waals surface area contributed by atoms with E-state index in [1.54, 1.807) is 18.2 Å². The van der Waals surface area contributed by atoms with Crippen molar-refractivity contribution < 1.29 is 23.9 Å². The van der Waals surface area contributed by atoms with E-state index in [1.807, 2.05) is 30.3 Å². The lowest BCUT2D eigenvalue weighted by Crippen LogP contribution is -2.47. The molecule has 2 aromatic rings. The normalized spacial score (nSPS) is 15.1. The fourth-order valence-electron chi connectivity index (χ4n) is 4.00. The highest BCUT2D eigenvalue weighted by atomic mass is 16.7. The molecule has 1 fully saturated rings. The molecule has 8 nitrogen and oxygen atoms in total. The van der Waals surface area contributed by atoms with Crippen LogP contribution >= 0.6 is 0 Å². The third-order valence-corrected chi connectivity index (χ3v) is 5.63. The summed E-state index contributed by atoms with van der Waals surface area (Å²) in [7, 11) is 0. The predicted molar refractivity (Wildman–Crippen MR) is 118 cm³/mol. The van der Waals surface area contributed by atoms with Crippen molar-refractivity contribution in [3.8, 4) is 11.5 Å². The molecular formula is C24H27N3O5. The summed E-state index contributed by atoms with van der Waals surface area (Å²) in [5.74, 6) is -0.754. The second-order valence-corrected chi connectivity index (χ2v) is 8.07. The van der Waals surface area contributed by atoms with E-state index in [2.05, 4.69) is 10.6 Å². The number of hydrogen-bond donors (Lipinski definition) is 2. The zero-order chi connectivity index (χ0) is 22.3. The molecule has 0 bridgehead atoms. The van der Waals surface area contributed by atoms with Gasteiger partial charge >= 0.3 is 11.8 Å². The lowest BCUT2D eigenvalue weighted by Gasteiger charge is -2.26. The number of carbonyl (C=O) groups is 3. The van der Waals surface area contributed by atoms with E-state index in [9.17, 15) is 14.4 Å². The Kier molecular flexibility index (Phi) is 6.89. The third kappa shape index (κ3) is 5.57. The molecule has 1 aliphatic heterocycles. The third-order valence-electron chi connectivity index (χ3n) is 5.63. The molecule has 2 N–H and O–H groups in total. The Bertz CT molecular complexity index is 973. The number of carbonyl (C=O) groups excluding carboxylic acids is 3. The standard InChI is InChI=1S/C24H27N3O5/c28-22(25-18-9-5-2-6-10-18)15-27(14-17-7-3-1-4-8-17)24(30)23(29)26-19-11-12-20-21(13-19)32-16-31-20/h1,3-4,7-8,11-13,18H,2,5-6,9-10,14-16H2,(H,25,28)(H,26,29). The number of fused-ring (bicyclic) bond motifs is 1. The van der Waals surface area contributed by atoms with Crippen LogP contribution in [0.3, 0.4) is 0 Å². The van der Waals surface area contributed by atoms with Crippen molar-refractivity contribution in [1.82, 2.24) is 10.2 Å². The summed E-state index contributed by atoms with van der Waals surface area (Å²) in [4.78, 5) is 39.6. The van der Waals surface area contributed by atoms with Crippen LogP contribution < -0.4 is 20.1 Å². The number of benzene rings is 2. The van der Waals surface area contributed by atoms with E-state index in [1.165, 1.54) is 11.3 Å². The van der Waals surface area contributed by atoms with Gasteiger partial charge in [-0.15, -0.1) is 0 Å². The minimum Gasteiger partial charge on any atom is -0.454 e. The van der Waals surface area contributed by atoms with Crippen LogP contribution in [0.1, 0.15) is 37.7 Å². The molecule has 1 saturated carbocycles. The van der Waals surface area contributed by atoms with Crippen molar-refractivity contribution in [2.24, 2.45) is 0 Å². The van der Waals surface area contributed by atoms with Gasteiger partial charge in [-0.05, 0) is 30.5 Å². The van der Waals surface area contributed by atoms with Crippen molar-refractivity contribution >= 4 is 23.4 Å². The van der Waals surface area contributed by atoms with E-state index in [-0.39, 0.29) is 31.8 Å². The van der Waals surface area contributed by atoms with Gasteiger partial charge in [0.25, 0.3) is 0 Å². The van der Waals surface area contributed by atoms with E-state index in [4.69, 9.17) is 9.47 Å². The van der Waals surface area contributed by atoms with Crippen molar-refractivity contribution in [2.75, 3.05) is 18.7 Å². The van der Waals surface area contributed by atoms with Crippen LogP contribution in [0.5, 0.6) is 11.5 Å². The second kappa shape index (κ2) is 10.2. The molecule has 168 valence electrons. The smallest absolute Gasteiger partial charge is 0.313 e. The lowest BCUT2D eigenvalue weighted by molar-refractivity contribution is -0.145. The van der Waals surface area contributed by atoms with E-state index >= 15 is 0 Å². The molecule has 2 aromatic carbocycles. The highest BCUT2D eigenvalue weighted by Gasteiger charge is 2.26. The molecule has 0 spiro atoms. The monoisotopic (exact) mass is 437 g/mol. The summed E-state index contributed by atoms with van der Waals surface area (Å²) in [5.41, 5.74) is 1.25. The van der Waals surface area contributed by atoms with Crippen molar-refractivity contribution in [3.63, 3.8) is 0 Å². The molecule has 8 heteroatoms. The number of amides is 3. The number of ether oxygens (including phenoxy) is 2. The van der Waals surface area contributed by atoms with Crippen molar-refractivity contribution in [1.29, 1.82) is 0 Å². The first-order valence-corrected chi connectivity index (χ1v) is 10.9. The molecule has 1 aliphatic carbocycles. The highest BCUT2D eigenvalue weighted by Crippen LogP contribution is 2.34. The maximum atomic E-state index is 13.0. The van der Waals surface area contributed by atoms with Crippen molar-refractivity contribution in [2.45, 2.75) is 44.7 Å². The van der Waals surface area contributed by atoms with Gasteiger partial charge in [-0.1, -0.05) is 49.6 Å². The van der Waals surface area contributed by atoms with Gasteiger partial charge in [0.2, 0.25) is 12.7 Å². The van der Waals surface area contributed by atoms with Gasteiger partial charge in [0.05, 0.1) is 0 Å². The van der Waals surface area contributed by atoms with Crippen molar-refractivity contribution in [3.05, 3.63) is 54.1 Å². The Balaban J connectivity index is 1.43. The average Bonchev–Trinajstić information content (AvgIpc) is 3.27. The van der Waals surface area contributed by atoms with E-state index in [0.29, 0.717) is 17.2 Å². The summed E-state index contributed by atoms with van der Waals surface area (Å²) in [6.07, 6.45) is 5.27. The molecule has 0 unspecified atom stereocenters. The van der Waals surface area contributed by atoms with Gasteiger partial charge in [-0.2, -0.15) is 0 Å². The summed E-state index contributed by atoms with van der Waals surface area (Å²) in [6.45, 7) is 0.0950.